The van der Waals surface area contributed by atoms with Gasteiger partial charge in [-0.05, 0) is 53.9 Å². The third-order valence-corrected chi connectivity index (χ3v) is 4.58. The molecular weight excluding hydrogens is 383 g/mol. The first kappa shape index (κ1) is 21.0. The fraction of sp³-hybridized carbons (Fsp3) is 0.167. The number of ether oxygens (including phenoxy) is 1. The van der Waals surface area contributed by atoms with Gasteiger partial charge in [0.05, 0.1) is 7.11 Å². The van der Waals surface area contributed by atoms with Crippen LogP contribution in [0.5, 0.6) is 5.75 Å². The van der Waals surface area contributed by atoms with Gasteiger partial charge in [-0.1, -0.05) is 36.4 Å². The summed E-state index contributed by atoms with van der Waals surface area (Å²) in [6, 6.07) is 20.3. The Morgan fingerprint density at radius 1 is 0.967 bits per heavy atom. The molecule has 154 valence electrons. The zero-order valence-electron chi connectivity index (χ0n) is 16.7. The van der Waals surface area contributed by atoms with Gasteiger partial charge < -0.3 is 15.4 Å². The van der Waals surface area contributed by atoms with Crippen molar-refractivity contribution in [3.8, 4) is 5.75 Å². The molecule has 0 radical (unpaired) electrons. The molecule has 0 heterocycles. The van der Waals surface area contributed by atoms with Crippen LogP contribution in [-0.2, 0) is 17.8 Å². The first-order valence-corrected chi connectivity index (χ1v) is 9.59. The SMILES string of the molecule is COc1ccccc1CCC(=O)NCc1cccc(NC(=O)c2cccc(F)c2)c1. The molecule has 0 bridgehead atoms. The number of para-hydroxylation sites is 1. The van der Waals surface area contributed by atoms with Crippen molar-refractivity contribution in [3.63, 3.8) is 0 Å². The molecule has 3 aromatic carbocycles. The van der Waals surface area contributed by atoms with Crippen molar-refractivity contribution in [3.05, 3.63) is 95.3 Å². The Balaban J connectivity index is 1.52. The molecule has 0 aromatic heterocycles. The van der Waals surface area contributed by atoms with Crippen molar-refractivity contribution in [2.75, 3.05) is 12.4 Å². The maximum Gasteiger partial charge on any atom is 0.255 e. The molecule has 0 fully saturated rings. The van der Waals surface area contributed by atoms with E-state index < -0.39 is 11.7 Å². The number of nitrogens with one attached hydrogen (secondary N) is 2. The minimum absolute atomic E-state index is 0.0740. The second-order valence-electron chi connectivity index (χ2n) is 6.75. The van der Waals surface area contributed by atoms with E-state index in [0.717, 1.165) is 16.9 Å². The Kier molecular flexibility index (Phi) is 7.16. The van der Waals surface area contributed by atoms with Crippen molar-refractivity contribution in [2.45, 2.75) is 19.4 Å². The zero-order valence-corrected chi connectivity index (χ0v) is 16.7. The van der Waals surface area contributed by atoms with Gasteiger partial charge in [-0.25, -0.2) is 4.39 Å². The first-order valence-electron chi connectivity index (χ1n) is 9.59. The average Bonchev–Trinajstić information content (AvgIpc) is 2.76. The summed E-state index contributed by atoms with van der Waals surface area (Å²) in [4.78, 5) is 24.5. The van der Waals surface area contributed by atoms with Crippen molar-refractivity contribution < 1.29 is 18.7 Å². The molecule has 0 saturated carbocycles. The van der Waals surface area contributed by atoms with Crippen LogP contribution in [0.2, 0.25) is 0 Å². The summed E-state index contributed by atoms with van der Waals surface area (Å²) in [6.45, 7) is 0.342. The number of hydrogen-bond acceptors (Lipinski definition) is 3. The minimum atomic E-state index is -0.466. The average molecular weight is 406 g/mol. The lowest BCUT2D eigenvalue weighted by Crippen LogP contribution is -2.23. The van der Waals surface area contributed by atoms with Gasteiger partial charge in [0.2, 0.25) is 5.91 Å². The van der Waals surface area contributed by atoms with Crippen LogP contribution in [-0.4, -0.2) is 18.9 Å². The highest BCUT2D eigenvalue weighted by Gasteiger charge is 2.09. The summed E-state index contributed by atoms with van der Waals surface area (Å²) in [6.07, 6.45) is 0.927. The molecule has 0 spiro atoms. The Morgan fingerprint density at radius 2 is 1.77 bits per heavy atom. The fourth-order valence-electron chi connectivity index (χ4n) is 3.04. The van der Waals surface area contributed by atoms with Crippen molar-refractivity contribution >= 4 is 17.5 Å². The molecule has 5 nitrogen and oxygen atoms in total. The number of hydrogen-bond donors (Lipinski definition) is 2. The van der Waals surface area contributed by atoms with Crippen LogP contribution in [0.1, 0.15) is 27.9 Å². The third kappa shape index (κ3) is 5.91. The second-order valence-corrected chi connectivity index (χ2v) is 6.75. The minimum Gasteiger partial charge on any atom is -0.496 e. The standard InChI is InChI=1S/C24H23FN2O3/c1-30-22-11-3-2-7-18(22)12-13-23(28)26-16-17-6-4-10-21(14-17)27-24(29)19-8-5-9-20(25)15-19/h2-11,14-15H,12-13,16H2,1H3,(H,26,28)(H,27,29). The number of carbonyl (C=O) groups is 2. The van der Waals surface area contributed by atoms with Crippen LogP contribution in [0.4, 0.5) is 10.1 Å². The number of methoxy groups -OCH3 is 1. The fourth-order valence-corrected chi connectivity index (χ4v) is 3.04. The number of rotatable bonds is 8. The second kappa shape index (κ2) is 10.2. The van der Waals surface area contributed by atoms with E-state index in [-0.39, 0.29) is 11.5 Å². The Hall–Kier alpha value is -3.67. The van der Waals surface area contributed by atoms with E-state index in [1.165, 1.54) is 18.2 Å². The van der Waals surface area contributed by atoms with E-state index in [0.29, 0.717) is 25.1 Å². The largest absolute Gasteiger partial charge is 0.496 e. The van der Waals surface area contributed by atoms with Gasteiger partial charge >= 0.3 is 0 Å². The molecule has 2 N–H and O–H groups in total. The molecule has 0 saturated heterocycles. The maximum atomic E-state index is 13.3. The van der Waals surface area contributed by atoms with Gasteiger partial charge in [-0.15, -0.1) is 0 Å². The lowest BCUT2D eigenvalue weighted by atomic mass is 10.1. The van der Waals surface area contributed by atoms with Gasteiger partial charge in [0, 0.05) is 24.2 Å². The van der Waals surface area contributed by atoms with E-state index in [9.17, 15) is 14.0 Å². The molecule has 2 amide bonds. The quantitative estimate of drug-likeness (QED) is 0.585. The highest BCUT2D eigenvalue weighted by Crippen LogP contribution is 2.19. The molecule has 0 aliphatic rings. The zero-order chi connectivity index (χ0) is 21.3. The van der Waals surface area contributed by atoms with Gasteiger partial charge in [-0.2, -0.15) is 0 Å². The number of carbonyl (C=O) groups excluding carboxylic acids is 2. The van der Waals surface area contributed by atoms with Crippen LogP contribution in [0, 0.1) is 5.82 Å². The summed E-state index contributed by atoms with van der Waals surface area (Å²) in [5.74, 6) is -0.165. The van der Waals surface area contributed by atoms with Crippen LogP contribution < -0.4 is 15.4 Å². The van der Waals surface area contributed by atoms with Crippen molar-refractivity contribution in [2.24, 2.45) is 0 Å². The predicted molar refractivity (Wildman–Crippen MR) is 114 cm³/mol. The molecule has 0 unspecified atom stereocenters. The number of amides is 2. The lowest BCUT2D eigenvalue weighted by Gasteiger charge is -2.10. The highest BCUT2D eigenvalue weighted by atomic mass is 19.1. The molecule has 30 heavy (non-hydrogen) atoms. The summed E-state index contributed by atoms with van der Waals surface area (Å²) >= 11 is 0. The normalized spacial score (nSPS) is 10.3. The first-order chi connectivity index (χ1) is 14.5. The van der Waals surface area contributed by atoms with Crippen LogP contribution in [0.25, 0.3) is 0 Å². The number of aryl methyl sites for hydroxylation is 1. The van der Waals surface area contributed by atoms with Gasteiger partial charge in [-0.3, -0.25) is 9.59 Å². The molecule has 0 atom stereocenters. The maximum absolute atomic E-state index is 13.3. The third-order valence-electron chi connectivity index (χ3n) is 4.58. The summed E-state index contributed by atoms with van der Waals surface area (Å²) in [5, 5.41) is 5.62. The van der Waals surface area contributed by atoms with Gasteiger partial charge in [0.25, 0.3) is 5.91 Å². The van der Waals surface area contributed by atoms with Gasteiger partial charge in [0.1, 0.15) is 11.6 Å². The number of anilines is 1. The van der Waals surface area contributed by atoms with E-state index >= 15 is 0 Å². The van der Waals surface area contributed by atoms with Gasteiger partial charge in [0.15, 0.2) is 0 Å². The highest BCUT2D eigenvalue weighted by molar-refractivity contribution is 6.04. The van der Waals surface area contributed by atoms with Crippen LogP contribution in [0.3, 0.4) is 0 Å². The van der Waals surface area contributed by atoms with E-state index in [2.05, 4.69) is 10.6 Å². The summed E-state index contributed by atoms with van der Waals surface area (Å²) < 4.78 is 18.6. The summed E-state index contributed by atoms with van der Waals surface area (Å²) in [5.41, 5.74) is 2.64. The van der Waals surface area contributed by atoms with E-state index in [4.69, 9.17) is 4.74 Å². The number of benzene rings is 3. The molecule has 6 heteroatoms. The van der Waals surface area contributed by atoms with E-state index in [1.54, 1.807) is 31.4 Å². The lowest BCUT2D eigenvalue weighted by molar-refractivity contribution is -0.121. The smallest absolute Gasteiger partial charge is 0.255 e. The molecule has 0 aliphatic heterocycles. The number of halogens is 1. The van der Waals surface area contributed by atoms with Crippen molar-refractivity contribution in [1.29, 1.82) is 0 Å². The van der Waals surface area contributed by atoms with Crippen molar-refractivity contribution in [1.82, 2.24) is 5.32 Å². The Labute approximate surface area is 174 Å². The summed E-state index contributed by atoms with van der Waals surface area (Å²) in [7, 11) is 1.61. The molecule has 3 aromatic rings. The Bertz CT molecular complexity index is 1040. The van der Waals surface area contributed by atoms with E-state index in [1.807, 2.05) is 30.3 Å². The molecule has 0 aliphatic carbocycles. The Morgan fingerprint density at radius 3 is 2.57 bits per heavy atom. The molecule has 3 rings (SSSR count). The van der Waals surface area contributed by atoms with Crippen LogP contribution in [0.15, 0.2) is 72.8 Å². The van der Waals surface area contributed by atoms with Crippen LogP contribution >= 0.6 is 0 Å². The predicted octanol–water partition coefficient (Wildman–Crippen LogP) is 4.34. The molecular formula is C24H23FN2O3. The topological polar surface area (TPSA) is 67.4 Å². The monoisotopic (exact) mass is 406 g/mol.